The summed E-state index contributed by atoms with van der Waals surface area (Å²) in [5.41, 5.74) is 1.34. The summed E-state index contributed by atoms with van der Waals surface area (Å²) in [5, 5.41) is 8.29. The lowest BCUT2D eigenvalue weighted by Crippen LogP contribution is -2.55. The highest BCUT2D eigenvalue weighted by Crippen LogP contribution is 2.21. The molecule has 0 aromatic heterocycles. The minimum Gasteiger partial charge on any atom is -0.497 e. The Labute approximate surface area is 193 Å². The van der Waals surface area contributed by atoms with Crippen molar-refractivity contribution >= 4 is 29.5 Å². The number of esters is 1. The van der Waals surface area contributed by atoms with Gasteiger partial charge in [-0.1, -0.05) is 11.6 Å². The first kappa shape index (κ1) is 25.7. The van der Waals surface area contributed by atoms with Gasteiger partial charge in [-0.3, -0.25) is 14.4 Å². The average Bonchev–Trinajstić information content (AvgIpc) is 3.19. The molecule has 0 aliphatic carbocycles. The van der Waals surface area contributed by atoms with Crippen molar-refractivity contribution in [3.8, 4) is 5.75 Å². The third-order valence-corrected chi connectivity index (χ3v) is 5.09. The Balaban J connectivity index is 2.07. The van der Waals surface area contributed by atoms with E-state index in [-0.39, 0.29) is 30.7 Å². The first-order chi connectivity index (χ1) is 15.7. The number of likely N-dealkylation sites (tertiary alicyclic amines) is 1. The molecule has 180 valence electrons. The summed E-state index contributed by atoms with van der Waals surface area (Å²) >= 11 is 0. The lowest BCUT2D eigenvalue weighted by Gasteiger charge is -2.27. The number of anilines is 1. The molecule has 1 heterocycles. The number of hydrogen-bond donors (Lipinski definition) is 3. The van der Waals surface area contributed by atoms with Crippen molar-refractivity contribution in [2.24, 2.45) is 0 Å². The zero-order valence-corrected chi connectivity index (χ0v) is 19.5. The maximum Gasteiger partial charge on any atom is 0.319 e. The van der Waals surface area contributed by atoms with Crippen molar-refractivity contribution in [3.05, 3.63) is 35.9 Å². The van der Waals surface area contributed by atoms with Crippen molar-refractivity contribution in [2.75, 3.05) is 32.6 Å². The van der Waals surface area contributed by atoms with Gasteiger partial charge in [0.1, 0.15) is 11.8 Å². The number of nitrogens with one attached hydrogen (secondary N) is 3. The van der Waals surface area contributed by atoms with Gasteiger partial charge in [0.25, 0.3) is 0 Å². The second-order valence-corrected chi connectivity index (χ2v) is 7.89. The van der Waals surface area contributed by atoms with Gasteiger partial charge < -0.3 is 30.3 Å². The van der Waals surface area contributed by atoms with E-state index in [9.17, 15) is 19.2 Å². The monoisotopic (exact) mass is 460 g/mol. The Morgan fingerprint density at radius 2 is 1.94 bits per heavy atom. The maximum absolute atomic E-state index is 13.0. The lowest BCUT2D eigenvalue weighted by molar-refractivity contribution is -0.140. The summed E-state index contributed by atoms with van der Waals surface area (Å²) in [6, 6.07) is 4.94. The van der Waals surface area contributed by atoms with Crippen LogP contribution in [0.4, 0.5) is 10.5 Å². The lowest BCUT2D eigenvalue weighted by atomic mass is 10.1. The van der Waals surface area contributed by atoms with E-state index >= 15 is 0 Å². The Kier molecular flexibility index (Phi) is 9.71. The van der Waals surface area contributed by atoms with Gasteiger partial charge in [-0.05, 0) is 38.8 Å². The summed E-state index contributed by atoms with van der Waals surface area (Å²) in [6.07, 6.45) is 2.47. The molecule has 1 aromatic rings. The first-order valence-corrected chi connectivity index (χ1v) is 10.8. The van der Waals surface area contributed by atoms with Crippen LogP contribution in [-0.4, -0.2) is 68.1 Å². The molecule has 2 atom stereocenters. The van der Waals surface area contributed by atoms with Crippen molar-refractivity contribution in [2.45, 2.75) is 45.2 Å². The van der Waals surface area contributed by atoms with Gasteiger partial charge in [-0.15, -0.1) is 0 Å². The molecule has 33 heavy (non-hydrogen) atoms. The van der Waals surface area contributed by atoms with E-state index in [4.69, 9.17) is 4.74 Å². The fraction of sp³-hybridized carbons (Fsp3) is 0.478. The highest BCUT2D eigenvalue weighted by atomic mass is 16.5. The van der Waals surface area contributed by atoms with Crippen molar-refractivity contribution < 1.29 is 28.7 Å². The number of rotatable bonds is 9. The first-order valence-electron chi connectivity index (χ1n) is 10.8. The van der Waals surface area contributed by atoms with Crippen molar-refractivity contribution in [1.29, 1.82) is 0 Å². The SMILES string of the molecule is COC(=O)CCCNC(=O)[C@@H]1[C@@H](NC(=O)Nc2cccc(OC)c2)CCN1C(=O)C=C(C)C. The normalized spacial score (nSPS) is 17.0. The van der Waals surface area contributed by atoms with Crippen LogP contribution >= 0.6 is 0 Å². The summed E-state index contributed by atoms with van der Waals surface area (Å²) < 4.78 is 9.75. The molecule has 0 spiro atoms. The topological polar surface area (TPSA) is 126 Å². The third-order valence-electron chi connectivity index (χ3n) is 5.09. The van der Waals surface area contributed by atoms with Gasteiger partial charge in [0, 0.05) is 37.3 Å². The van der Waals surface area contributed by atoms with Crippen LogP contribution in [-0.2, 0) is 19.1 Å². The zero-order chi connectivity index (χ0) is 24.4. The fourth-order valence-electron chi connectivity index (χ4n) is 3.53. The molecular weight excluding hydrogens is 428 g/mol. The smallest absolute Gasteiger partial charge is 0.319 e. The molecule has 2 rings (SSSR count). The molecule has 10 heteroatoms. The van der Waals surface area contributed by atoms with Crippen LogP contribution in [0.5, 0.6) is 5.75 Å². The van der Waals surface area contributed by atoms with Crippen LogP contribution < -0.4 is 20.7 Å². The van der Waals surface area contributed by atoms with E-state index < -0.39 is 18.1 Å². The Bertz CT molecular complexity index is 897. The molecule has 0 saturated carbocycles. The largest absolute Gasteiger partial charge is 0.497 e. The quantitative estimate of drug-likeness (QED) is 0.293. The maximum atomic E-state index is 13.0. The van der Waals surface area contributed by atoms with Crippen LogP contribution in [0.25, 0.3) is 0 Å². The minimum atomic E-state index is -0.873. The highest BCUT2D eigenvalue weighted by molar-refractivity contribution is 5.95. The number of benzene rings is 1. The van der Waals surface area contributed by atoms with Crippen LogP contribution in [0.1, 0.15) is 33.1 Å². The van der Waals surface area contributed by atoms with Gasteiger partial charge in [0.2, 0.25) is 11.8 Å². The molecule has 4 amide bonds. The molecular formula is C23H32N4O6. The average molecular weight is 461 g/mol. The van der Waals surface area contributed by atoms with E-state index in [0.717, 1.165) is 5.57 Å². The van der Waals surface area contributed by atoms with Gasteiger partial charge in [0.15, 0.2) is 0 Å². The molecule has 1 aromatic carbocycles. The Hall–Kier alpha value is -3.56. The number of hydrogen-bond acceptors (Lipinski definition) is 6. The zero-order valence-electron chi connectivity index (χ0n) is 19.5. The molecule has 1 fully saturated rings. The number of carbonyl (C=O) groups is 4. The highest BCUT2D eigenvalue weighted by Gasteiger charge is 2.42. The molecule has 0 radical (unpaired) electrons. The summed E-state index contributed by atoms with van der Waals surface area (Å²) in [4.78, 5) is 51.0. The van der Waals surface area contributed by atoms with E-state index in [2.05, 4.69) is 20.7 Å². The van der Waals surface area contributed by atoms with Crippen LogP contribution in [0.15, 0.2) is 35.9 Å². The Morgan fingerprint density at radius 1 is 1.18 bits per heavy atom. The fourth-order valence-corrected chi connectivity index (χ4v) is 3.53. The number of amides is 4. The second kappa shape index (κ2) is 12.5. The molecule has 1 saturated heterocycles. The summed E-state index contributed by atoms with van der Waals surface area (Å²) in [5.74, 6) is -0.447. The van der Waals surface area contributed by atoms with Gasteiger partial charge in [-0.2, -0.15) is 0 Å². The standard InChI is InChI=1S/C23H32N4O6/c1-15(2)13-19(28)27-12-10-18(21(27)22(30)24-11-6-9-20(29)33-4)26-23(31)25-16-7-5-8-17(14-16)32-3/h5,7-8,13-14,18,21H,6,9-12H2,1-4H3,(H,24,30)(H2,25,26,31)/t18-,21-/m0/s1. The number of ether oxygens (including phenoxy) is 2. The number of urea groups is 1. The van der Waals surface area contributed by atoms with Crippen LogP contribution in [0.2, 0.25) is 0 Å². The predicted molar refractivity (Wildman–Crippen MR) is 123 cm³/mol. The summed E-state index contributed by atoms with van der Waals surface area (Å²) in [6.45, 7) is 4.17. The molecule has 0 bridgehead atoms. The summed E-state index contributed by atoms with van der Waals surface area (Å²) in [7, 11) is 2.84. The van der Waals surface area contributed by atoms with Gasteiger partial charge in [-0.25, -0.2) is 4.79 Å². The van der Waals surface area contributed by atoms with Crippen LogP contribution in [0, 0.1) is 0 Å². The van der Waals surface area contributed by atoms with Gasteiger partial charge in [0.05, 0.1) is 20.3 Å². The minimum absolute atomic E-state index is 0.173. The predicted octanol–water partition coefficient (Wildman–Crippen LogP) is 1.82. The Morgan fingerprint density at radius 3 is 2.61 bits per heavy atom. The van der Waals surface area contributed by atoms with Crippen molar-refractivity contribution in [1.82, 2.24) is 15.5 Å². The van der Waals surface area contributed by atoms with Gasteiger partial charge >= 0.3 is 12.0 Å². The number of allylic oxidation sites excluding steroid dienone is 1. The van der Waals surface area contributed by atoms with Crippen LogP contribution in [0.3, 0.4) is 0 Å². The number of nitrogens with zero attached hydrogens (tertiary/aromatic N) is 1. The number of methoxy groups -OCH3 is 2. The number of carbonyl (C=O) groups excluding carboxylic acids is 4. The van der Waals surface area contributed by atoms with E-state index in [1.807, 2.05) is 0 Å². The second-order valence-electron chi connectivity index (χ2n) is 7.89. The third kappa shape index (κ3) is 7.81. The molecule has 0 unspecified atom stereocenters. The molecule has 1 aliphatic heterocycles. The molecule has 1 aliphatic rings. The molecule has 10 nitrogen and oxygen atoms in total. The van der Waals surface area contributed by atoms with E-state index in [0.29, 0.717) is 30.8 Å². The van der Waals surface area contributed by atoms with Crippen molar-refractivity contribution in [3.63, 3.8) is 0 Å². The van der Waals surface area contributed by atoms with E-state index in [1.54, 1.807) is 38.1 Å². The molecule has 3 N–H and O–H groups in total. The van der Waals surface area contributed by atoms with E-state index in [1.165, 1.54) is 25.2 Å².